The van der Waals surface area contributed by atoms with E-state index in [2.05, 4.69) is 10.3 Å². The molecule has 0 bridgehead atoms. The average Bonchev–Trinajstić information content (AvgIpc) is 3.44. The number of halogens is 2. The molecule has 3 N–H and O–H groups in total. The number of carboxylic acid groups (broad SMARTS) is 2. The molecule has 3 aromatic rings. The number of hydrogen-bond acceptors (Lipinski definition) is 7. The van der Waals surface area contributed by atoms with Gasteiger partial charge in [0.05, 0.1) is 18.5 Å². The molecule has 1 aliphatic heterocycles. The topological polar surface area (TPSA) is 132 Å². The van der Waals surface area contributed by atoms with E-state index in [1.807, 2.05) is 22.8 Å². The van der Waals surface area contributed by atoms with Gasteiger partial charge in [-0.1, -0.05) is 17.7 Å². The third kappa shape index (κ3) is 5.94. The standard InChI is InChI=1S/C20H19ClFN3O3.C2H2O4/c1-26-8-7-25-17(13-5-6-18-19(9-13)28-12-27-18)11-24-20(25)23-10-14-15(21)3-2-4-16(14)22;3-1(4)2(5)6/h2-6,9,11H,7-8,10,12H2,1H3,(H,23,24);(H,3,4)(H,5,6). The van der Waals surface area contributed by atoms with Crippen LogP contribution in [0.4, 0.5) is 10.3 Å². The van der Waals surface area contributed by atoms with Crippen LogP contribution in [-0.4, -0.2) is 52.2 Å². The smallest absolute Gasteiger partial charge is 0.414 e. The first kappa shape index (κ1) is 24.8. The van der Waals surface area contributed by atoms with E-state index in [4.69, 9.17) is 45.6 Å². The molecule has 12 heteroatoms. The van der Waals surface area contributed by atoms with E-state index in [1.54, 1.807) is 25.4 Å². The van der Waals surface area contributed by atoms with E-state index in [0.29, 0.717) is 35.4 Å². The van der Waals surface area contributed by atoms with Gasteiger partial charge in [-0.25, -0.2) is 19.0 Å². The van der Waals surface area contributed by atoms with Gasteiger partial charge in [-0.15, -0.1) is 0 Å². The molecule has 2 heterocycles. The van der Waals surface area contributed by atoms with E-state index < -0.39 is 11.9 Å². The summed E-state index contributed by atoms with van der Waals surface area (Å²) in [7, 11) is 1.64. The van der Waals surface area contributed by atoms with Crippen LogP contribution in [0.3, 0.4) is 0 Å². The molecule has 0 amide bonds. The fourth-order valence-corrected chi connectivity index (χ4v) is 3.31. The fourth-order valence-electron chi connectivity index (χ4n) is 3.08. The van der Waals surface area contributed by atoms with Crippen LogP contribution in [0.15, 0.2) is 42.6 Å². The maximum absolute atomic E-state index is 14.1. The lowest BCUT2D eigenvalue weighted by atomic mass is 10.1. The van der Waals surface area contributed by atoms with Crippen LogP contribution < -0.4 is 14.8 Å². The number of nitrogens with zero attached hydrogens (tertiary/aromatic N) is 2. The Bertz CT molecular complexity index is 1150. The second-order valence-corrected chi connectivity index (χ2v) is 7.25. The van der Waals surface area contributed by atoms with Crippen LogP contribution in [0, 0.1) is 5.82 Å². The molecule has 10 nitrogen and oxygen atoms in total. The Morgan fingerprint density at radius 2 is 1.94 bits per heavy atom. The molecular formula is C22H21ClFN3O7. The minimum Gasteiger partial charge on any atom is -0.473 e. The van der Waals surface area contributed by atoms with E-state index in [0.717, 1.165) is 17.0 Å². The molecule has 0 atom stereocenters. The van der Waals surface area contributed by atoms with Crippen LogP contribution in [-0.2, 0) is 27.4 Å². The third-order valence-corrected chi connectivity index (χ3v) is 5.06. The highest BCUT2D eigenvalue weighted by Gasteiger charge is 2.18. The monoisotopic (exact) mass is 493 g/mol. The van der Waals surface area contributed by atoms with Gasteiger partial charge in [0.25, 0.3) is 0 Å². The van der Waals surface area contributed by atoms with Gasteiger partial charge in [0.15, 0.2) is 11.5 Å². The summed E-state index contributed by atoms with van der Waals surface area (Å²) in [5.41, 5.74) is 2.22. The number of anilines is 1. The maximum Gasteiger partial charge on any atom is 0.414 e. The number of fused-ring (bicyclic) bond motifs is 1. The van der Waals surface area contributed by atoms with Crippen molar-refractivity contribution < 1.29 is 38.4 Å². The first-order chi connectivity index (χ1) is 16.3. The molecule has 0 fully saturated rings. The van der Waals surface area contributed by atoms with Crippen molar-refractivity contribution in [2.75, 3.05) is 25.8 Å². The summed E-state index contributed by atoms with van der Waals surface area (Å²) in [6.07, 6.45) is 1.76. The molecule has 180 valence electrons. The van der Waals surface area contributed by atoms with Crippen LogP contribution in [0.5, 0.6) is 11.5 Å². The number of carboxylic acids is 2. The van der Waals surface area contributed by atoms with Gasteiger partial charge in [0.2, 0.25) is 12.7 Å². The highest BCUT2D eigenvalue weighted by molar-refractivity contribution is 6.31. The number of rotatable bonds is 7. The Kier molecular flexibility index (Phi) is 8.28. The van der Waals surface area contributed by atoms with Crippen molar-refractivity contribution in [3.63, 3.8) is 0 Å². The van der Waals surface area contributed by atoms with Crippen molar-refractivity contribution in [2.45, 2.75) is 13.1 Å². The maximum atomic E-state index is 14.1. The SMILES string of the molecule is COCCn1c(-c2ccc3c(c2)OCO3)cnc1NCc1c(F)cccc1Cl.O=C(O)C(=O)O. The largest absolute Gasteiger partial charge is 0.473 e. The summed E-state index contributed by atoms with van der Waals surface area (Å²) < 4.78 is 32.1. The first-order valence-corrected chi connectivity index (χ1v) is 10.3. The zero-order valence-electron chi connectivity index (χ0n) is 18.0. The van der Waals surface area contributed by atoms with Gasteiger partial charge in [-0.3, -0.25) is 0 Å². The molecule has 0 saturated heterocycles. The Morgan fingerprint density at radius 1 is 1.21 bits per heavy atom. The lowest BCUT2D eigenvalue weighted by Crippen LogP contribution is -2.12. The van der Waals surface area contributed by atoms with E-state index in [-0.39, 0.29) is 19.2 Å². The van der Waals surface area contributed by atoms with Gasteiger partial charge < -0.3 is 34.3 Å². The van der Waals surface area contributed by atoms with Gasteiger partial charge in [0.1, 0.15) is 5.82 Å². The van der Waals surface area contributed by atoms with Crippen LogP contribution in [0.25, 0.3) is 11.3 Å². The molecule has 0 saturated carbocycles. The Labute approximate surface area is 198 Å². The summed E-state index contributed by atoms with van der Waals surface area (Å²) in [5.74, 6) is -1.98. The number of carbonyl (C=O) groups is 2. The predicted octanol–water partition coefficient (Wildman–Crippen LogP) is 3.49. The lowest BCUT2D eigenvalue weighted by molar-refractivity contribution is -0.159. The number of aromatic nitrogens is 2. The third-order valence-electron chi connectivity index (χ3n) is 4.71. The minimum atomic E-state index is -1.82. The highest BCUT2D eigenvalue weighted by Crippen LogP contribution is 2.36. The van der Waals surface area contributed by atoms with E-state index in [9.17, 15) is 4.39 Å². The first-order valence-electron chi connectivity index (χ1n) is 9.89. The number of methoxy groups -OCH3 is 1. The Morgan fingerprint density at radius 3 is 2.62 bits per heavy atom. The predicted molar refractivity (Wildman–Crippen MR) is 120 cm³/mol. The number of hydrogen-bond donors (Lipinski definition) is 3. The molecule has 1 aliphatic rings. The Balaban J connectivity index is 0.000000481. The van der Waals surface area contributed by atoms with Crippen molar-refractivity contribution >= 4 is 29.5 Å². The van der Waals surface area contributed by atoms with Crippen LogP contribution in [0.2, 0.25) is 5.02 Å². The average molecular weight is 494 g/mol. The number of imidazole rings is 1. The molecule has 0 unspecified atom stereocenters. The minimum absolute atomic E-state index is 0.218. The van der Waals surface area contributed by atoms with Gasteiger partial charge in [-0.05, 0) is 30.3 Å². The van der Waals surface area contributed by atoms with Gasteiger partial charge in [0, 0.05) is 36.3 Å². The molecule has 0 aliphatic carbocycles. The molecule has 4 rings (SSSR count). The molecule has 2 aromatic carbocycles. The van der Waals surface area contributed by atoms with Crippen molar-refractivity contribution in [3.8, 4) is 22.8 Å². The van der Waals surface area contributed by atoms with E-state index in [1.165, 1.54) is 6.07 Å². The number of nitrogens with one attached hydrogen (secondary N) is 1. The molecule has 34 heavy (non-hydrogen) atoms. The van der Waals surface area contributed by atoms with Crippen molar-refractivity contribution in [3.05, 3.63) is 59.0 Å². The molecule has 0 spiro atoms. The second-order valence-electron chi connectivity index (χ2n) is 6.84. The molecule has 0 radical (unpaired) electrons. The van der Waals surface area contributed by atoms with E-state index >= 15 is 0 Å². The zero-order chi connectivity index (χ0) is 24.7. The van der Waals surface area contributed by atoms with Crippen molar-refractivity contribution in [1.82, 2.24) is 9.55 Å². The van der Waals surface area contributed by atoms with Gasteiger partial charge in [-0.2, -0.15) is 0 Å². The lowest BCUT2D eigenvalue weighted by Gasteiger charge is -2.14. The number of aliphatic carboxylic acids is 2. The van der Waals surface area contributed by atoms with Crippen molar-refractivity contribution in [2.24, 2.45) is 0 Å². The quantitative estimate of drug-likeness (QED) is 0.423. The highest BCUT2D eigenvalue weighted by atomic mass is 35.5. The number of benzene rings is 2. The molecule has 1 aromatic heterocycles. The summed E-state index contributed by atoms with van der Waals surface area (Å²) >= 11 is 6.12. The van der Waals surface area contributed by atoms with Gasteiger partial charge >= 0.3 is 11.9 Å². The van der Waals surface area contributed by atoms with Crippen LogP contribution >= 0.6 is 11.6 Å². The summed E-state index contributed by atoms with van der Waals surface area (Å²) in [6.45, 7) is 1.52. The van der Waals surface area contributed by atoms with Crippen molar-refractivity contribution in [1.29, 1.82) is 0 Å². The number of ether oxygens (including phenoxy) is 3. The molecular weight excluding hydrogens is 473 g/mol. The summed E-state index contributed by atoms with van der Waals surface area (Å²) in [5, 5.41) is 18.3. The summed E-state index contributed by atoms with van der Waals surface area (Å²) in [6, 6.07) is 10.4. The zero-order valence-corrected chi connectivity index (χ0v) is 18.7. The normalized spacial score (nSPS) is 11.5. The summed E-state index contributed by atoms with van der Waals surface area (Å²) in [4.78, 5) is 22.7. The second kappa shape index (κ2) is 11.3. The fraction of sp³-hybridized carbons (Fsp3) is 0.227. The van der Waals surface area contributed by atoms with Crippen LogP contribution in [0.1, 0.15) is 5.56 Å². The Hall–Kier alpha value is -3.83.